The van der Waals surface area contributed by atoms with Gasteiger partial charge in [-0.25, -0.2) is 0 Å². The van der Waals surface area contributed by atoms with E-state index in [9.17, 15) is 14.4 Å². The van der Waals surface area contributed by atoms with Gasteiger partial charge in [0.05, 0.1) is 19.6 Å². The fourth-order valence-corrected chi connectivity index (χ4v) is 11.8. The lowest BCUT2D eigenvalue weighted by Crippen LogP contribution is -2.68. The molecule has 0 aliphatic carbocycles. The molecule has 2 N–H and O–H groups in total. The standard InChI is InChI=1S/C37H53NO10SSi/c1-8-23-44-34-33(47-27(4)43-9-2)30(48-36(35(34)46-26(3)39)49-24-22-38-31(40)20-21-32(41)42)25-45-50(37(5,6)7,28-16-12-10-13-17-28)29-18-14-11-15-19-29/h8,10-19,27,30,33-36H,1,9,20-25H2,2-7H3,(H,38,40)(H,41,42)/t27?,30-,33-,34+,35-,36+/m1/s1. The first-order chi connectivity index (χ1) is 23.8. The number of thioether (sulfide) groups is 1. The summed E-state index contributed by atoms with van der Waals surface area (Å²) in [5.41, 5.74) is -0.723. The Balaban J connectivity index is 2.03. The van der Waals surface area contributed by atoms with Crippen LogP contribution < -0.4 is 15.7 Å². The molecule has 2 aromatic rings. The molecule has 1 fully saturated rings. The highest BCUT2D eigenvalue weighted by atomic mass is 32.2. The molecule has 1 saturated heterocycles. The van der Waals surface area contributed by atoms with Gasteiger partial charge in [-0.15, -0.1) is 18.3 Å². The highest BCUT2D eigenvalue weighted by molar-refractivity contribution is 7.99. The van der Waals surface area contributed by atoms with Gasteiger partial charge in [0.15, 0.2) is 12.4 Å². The Bertz CT molecular complexity index is 1320. The maximum absolute atomic E-state index is 12.5. The molecule has 1 aliphatic rings. The van der Waals surface area contributed by atoms with E-state index in [2.05, 4.69) is 56.9 Å². The zero-order valence-electron chi connectivity index (χ0n) is 30.0. The number of amides is 1. The van der Waals surface area contributed by atoms with E-state index in [-0.39, 0.29) is 43.5 Å². The largest absolute Gasteiger partial charge is 0.481 e. The quantitative estimate of drug-likeness (QED) is 0.0664. The lowest BCUT2D eigenvalue weighted by atomic mass is 9.99. The third kappa shape index (κ3) is 11.5. The van der Waals surface area contributed by atoms with E-state index in [1.54, 1.807) is 13.0 Å². The van der Waals surface area contributed by atoms with E-state index >= 15 is 0 Å². The van der Waals surface area contributed by atoms with Gasteiger partial charge in [0, 0.05) is 32.2 Å². The molecule has 6 atom stereocenters. The van der Waals surface area contributed by atoms with Gasteiger partial charge in [0.25, 0.3) is 8.32 Å². The fourth-order valence-electron chi connectivity index (χ4n) is 6.14. The van der Waals surface area contributed by atoms with Gasteiger partial charge in [-0.05, 0) is 29.3 Å². The summed E-state index contributed by atoms with van der Waals surface area (Å²) in [7, 11) is -3.00. The predicted octanol–water partition coefficient (Wildman–Crippen LogP) is 4.27. The van der Waals surface area contributed by atoms with Crippen molar-refractivity contribution in [1.29, 1.82) is 0 Å². The normalized spacial score (nSPS) is 21.6. The zero-order valence-corrected chi connectivity index (χ0v) is 31.8. The minimum absolute atomic E-state index is 0.119. The number of carboxylic acid groups (broad SMARTS) is 1. The van der Waals surface area contributed by atoms with E-state index in [1.807, 2.05) is 43.3 Å². The Hall–Kier alpha value is -3.04. The summed E-state index contributed by atoms with van der Waals surface area (Å²) in [5, 5.41) is 13.6. The molecule has 1 heterocycles. The molecule has 1 unspecified atom stereocenters. The van der Waals surface area contributed by atoms with Crippen LogP contribution in [0, 0.1) is 0 Å². The van der Waals surface area contributed by atoms with Crippen molar-refractivity contribution in [1.82, 2.24) is 5.32 Å². The molecule has 50 heavy (non-hydrogen) atoms. The number of aliphatic carboxylic acids is 1. The number of ether oxygens (including phenoxy) is 5. The molecule has 13 heteroatoms. The lowest BCUT2D eigenvalue weighted by Gasteiger charge is -2.48. The van der Waals surface area contributed by atoms with E-state index in [0.29, 0.717) is 12.4 Å². The van der Waals surface area contributed by atoms with Crippen molar-refractivity contribution in [2.24, 2.45) is 0 Å². The first-order valence-corrected chi connectivity index (χ1v) is 20.0. The maximum Gasteiger partial charge on any atom is 0.303 e. The van der Waals surface area contributed by atoms with Crippen LogP contribution in [-0.2, 0) is 42.5 Å². The van der Waals surface area contributed by atoms with Crippen molar-refractivity contribution in [3.05, 3.63) is 73.3 Å². The van der Waals surface area contributed by atoms with E-state index in [1.165, 1.54) is 18.7 Å². The smallest absolute Gasteiger partial charge is 0.303 e. The molecule has 3 rings (SSSR count). The van der Waals surface area contributed by atoms with Crippen LogP contribution in [0.3, 0.4) is 0 Å². The number of hydrogen-bond donors (Lipinski definition) is 2. The zero-order chi connectivity index (χ0) is 36.7. The van der Waals surface area contributed by atoms with Crippen molar-refractivity contribution in [2.75, 3.05) is 32.1 Å². The van der Waals surface area contributed by atoms with Gasteiger partial charge in [0.1, 0.15) is 23.7 Å². The third-order valence-corrected chi connectivity index (χ3v) is 14.4. The Morgan fingerprint density at radius 1 is 1.02 bits per heavy atom. The predicted molar refractivity (Wildman–Crippen MR) is 196 cm³/mol. The Morgan fingerprint density at radius 3 is 2.16 bits per heavy atom. The highest BCUT2D eigenvalue weighted by Gasteiger charge is 2.54. The molecule has 11 nitrogen and oxygen atoms in total. The molecular weight excluding hydrogens is 679 g/mol. The van der Waals surface area contributed by atoms with E-state index in [4.69, 9.17) is 33.2 Å². The SMILES string of the molecule is C=CCO[C@@H]1[C@@H](OC(C)=O)[C@H](SCCNC(=O)CCC(=O)O)O[C@H](CO[Si](c2ccccc2)(c2ccccc2)C(C)(C)C)[C@H]1OC(C)OCC. The first-order valence-electron chi connectivity index (χ1n) is 17.0. The van der Waals surface area contributed by atoms with Crippen LogP contribution in [0.4, 0.5) is 0 Å². The monoisotopic (exact) mass is 731 g/mol. The lowest BCUT2D eigenvalue weighted by molar-refractivity contribution is -0.273. The number of hydrogen-bond acceptors (Lipinski definition) is 10. The summed E-state index contributed by atoms with van der Waals surface area (Å²) in [4.78, 5) is 35.5. The first kappa shape index (κ1) is 41.4. The maximum atomic E-state index is 12.5. The fraction of sp³-hybridized carbons (Fsp3) is 0.541. The molecule has 276 valence electrons. The molecule has 1 aliphatic heterocycles. The van der Waals surface area contributed by atoms with Gasteiger partial charge in [-0.2, -0.15) is 0 Å². The van der Waals surface area contributed by atoms with Crippen LogP contribution >= 0.6 is 11.8 Å². The van der Waals surface area contributed by atoms with Gasteiger partial charge in [0.2, 0.25) is 5.91 Å². The number of rotatable bonds is 20. The molecule has 2 aromatic carbocycles. The second kappa shape index (κ2) is 20.1. The number of nitrogens with one attached hydrogen (secondary N) is 1. The molecule has 0 saturated carbocycles. The molecule has 0 spiro atoms. The van der Waals surface area contributed by atoms with E-state index < -0.39 is 56.4 Å². The van der Waals surface area contributed by atoms with Crippen LogP contribution in [0.1, 0.15) is 54.4 Å². The Kier molecular flexibility index (Phi) is 16.6. The second-order valence-corrected chi connectivity index (χ2v) is 18.4. The summed E-state index contributed by atoms with van der Waals surface area (Å²) in [5.74, 6) is -1.53. The van der Waals surface area contributed by atoms with Crippen molar-refractivity contribution in [3.8, 4) is 0 Å². The average molecular weight is 732 g/mol. The summed E-state index contributed by atoms with van der Waals surface area (Å²) >= 11 is 1.35. The highest BCUT2D eigenvalue weighted by Crippen LogP contribution is 2.39. The number of carboxylic acids is 1. The Morgan fingerprint density at radius 2 is 1.64 bits per heavy atom. The van der Waals surface area contributed by atoms with Crippen LogP contribution in [0.15, 0.2) is 73.3 Å². The summed E-state index contributed by atoms with van der Waals surface area (Å²) < 4.78 is 38.6. The van der Waals surface area contributed by atoms with Gasteiger partial charge in [-0.1, -0.05) is 87.5 Å². The van der Waals surface area contributed by atoms with Gasteiger partial charge < -0.3 is 38.5 Å². The summed E-state index contributed by atoms with van der Waals surface area (Å²) in [6.07, 6.45) is -2.53. The van der Waals surface area contributed by atoms with Crippen molar-refractivity contribution >= 4 is 48.3 Å². The molecule has 1 amide bonds. The minimum atomic E-state index is -3.00. The van der Waals surface area contributed by atoms with Gasteiger partial charge >= 0.3 is 11.9 Å². The summed E-state index contributed by atoms with van der Waals surface area (Å²) in [6.45, 7) is 16.4. The van der Waals surface area contributed by atoms with Crippen LogP contribution in [0.2, 0.25) is 5.04 Å². The van der Waals surface area contributed by atoms with Crippen LogP contribution in [0.25, 0.3) is 0 Å². The number of carbonyl (C=O) groups is 3. The van der Waals surface area contributed by atoms with Crippen molar-refractivity contribution in [2.45, 2.75) is 95.6 Å². The van der Waals surface area contributed by atoms with E-state index in [0.717, 1.165) is 10.4 Å². The third-order valence-electron chi connectivity index (χ3n) is 8.20. The molecule has 0 aromatic heterocycles. The Labute approximate surface area is 301 Å². The van der Waals surface area contributed by atoms with Crippen molar-refractivity contribution < 1.29 is 47.6 Å². The number of carbonyl (C=O) groups excluding carboxylic acids is 2. The minimum Gasteiger partial charge on any atom is -0.481 e. The average Bonchev–Trinajstić information content (AvgIpc) is 3.07. The molecular formula is C37H53NO10SSi. The number of benzene rings is 2. The number of esters is 1. The van der Waals surface area contributed by atoms with Gasteiger partial charge in [-0.3, -0.25) is 14.4 Å². The van der Waals surface area contributed by atoms with Crippen LogP contribution in [-0.4, -0.2) is 99.5 Å². The second-order valence-electron chi connectivity index (χ2n) is 12.9. The van der Waals surface area contributed by atoms with Crippen LogP contribution in [0.5, 0.6) is 0 Å². The van der Waals surface area contributed by atoms with Crippen molar-refractivity contribution in [3.63, 3.8) is 0 Å². The molecule has 0 radical (unpaired) electrons. The topological polar surface area (TPSA) is 139 Å². The summed E-state index contributed by atoms with van der Waals surface area (Å²) in [6, 6.07) is 20.6. The molecule has 0 bridgehead atoms.